The van der Waals surface area contributed by atoms with Gasteiger partial charge in [-0.3, -0.25) is 4.79 Å². The van der Waals surface area contributed by atoms with E-state index in [0.717, 1.165) is 5.56 Å². The number of carbonyl (C=O) groups is 2. The third-order valence-corrected chi connectivity index (χ3v) is 3.15. The second-order valence-electron chi connectivity index (χ2n) is 4.87. The van der Waals surface area contributed by atoms with Crippen LogP contribution in [-0.2, 0) is 9.53 Å². The molecule has 0 spiro atoms. The van der Waals surface area contributed by atoms with Crippen molar-refractivity contribution in [2.45, 2.75) is 6.92 Å². The Morgan fingerprint density at radius 1 is 1.17 bits per heavy atom. The number of rotatable bonds is 8. The number of aromatic amines is 1. The van der Waals surface area contributed by atoms with Gasteiger partial charge in [0.1, 0.15) is 0 Å². The number of nitrogens with one attached hydrogen (secondary N) is 1. The molecule has 0 aliphatic rings. The number of ether oxygens (including phenoxy) is 3. The molecule has 0 saturated carbocycles. The molecular weight excluding hydrogens is 310 g/mol. The van der Waals surface area contributed by atoms with Gasteiger partial charge in [-0.25, -0.2) is 4.79 Å². The maximum atomic E-state index is 11.7. The summed E-state index contributed by atoms with van der Waals surface area (Å²) in [6, 6.07) is 8.67. The minimum atomic E-state index is -0.630. The smallest absolute Gasteiger partial charge is 0.344 e. The molecule has 0 radical (unpaired) electrons. The van der Waals surface area contributed by atoms with Gasteiger partial charge in [0.25, 0.3) is 0 Å². The highest BCUT2D eigenvalue weighted by atomic mass is 16.6. The van der Waals surface area contributed by atoms with Gasteiger partial charge in [-0.2, -0.15) is 0 Å². The zero-order chi connectivity index (χ0) is 17.4. The van der Waals surface area contributed by atoms with Crippen molar-refractivity contribution in [1.29, 1.82) is 0 Å². The molecule has 126 valence electrons. The summed E-state index contributed by atoms with van der Waals surface area (Å²) in [7, 11) is 1.52. The molecule has 24 heavy (non-hydrogen) atoms. The van der Waals surface area contributed by atoms with Crippen LogP contribution < -0.4 is 9.47 Å². The summed E-state index contributed by atoms with van der Waals surface area (Å²) >= 11 is 0. The molecule has 0 amide bonds. The van der Waals surface area contributed by atoms with Crippen molar-refractivity contribution in [3.05, 3.63) is 53.9 Å². The number of esters is 1. The molecule has 0 aliphatic heterocycles. The number of hydrogen-bond acceptors (Lipinski definition) is 5. The molecule has 0 unspecified atom stereocenters. The summed E-state index contributed by atoms with van der Waals surface area (Å²) in [6.45, 7) is 1.28. The maximum Gasteiger partial charge on any atom is 0.344 e. The number of carbonyl (C=O) groups excluding carboxylic acids is 2. The normalized spacial score (nSPS) is 10.6. The number of methoxy groups -OCH3 is 1. The average molecular weight is 329 g/mol. The van der Waals surface area contributed by atoms with Crippen molar-refractivity contribution in [3.8, 4) is 11.5 Å². The lowest BCUT2D eigenvalue weighted by atomic mass is 10.2. The minimum absolute atomic E-state index is 0.304. The minimum Gasteiger partial charge on any atom is -0.493 e. The molecule has 1 N–H and O–H groups in total. The van der Waals surface area contributed by atoms with Gasteiger partial charge in [0, 0.05) is 6.20 Å². The number of ketones is 1. The Balaban J connectivity index is 1.86. The highest BCUT2D eigenvalue weighted by Gasteiger charge is 2.12. The van der Waals surface area contributed by atoms with Crippen LogP contribution in [0.4, 0.5) is 0 Å². The second kappa shape index (κ2) is 8.57. The molecule has 0 fully saturated rings. The number of benzene rings is 1. The van der Waals surface area contributed by atoms with Crippen molar-refractivity contribution >= 4 is 17.8 Å². The Morgan fingerprint density at radius 3 is 2.67 bits per heavy atom. The Kier molecular flexibility index (Phi) is 6.19. The van der Waals surface area contributed by atoms with Crippen LogP contribution >= 0.6 is 0 Å². The van der Waals surface area contributed by atoms with E-state index < -0.39 is 5.97 Å². The fraction of sp³-hybridized carbons (Fsp3) is 0.222. The Bertz CT molecular complexity index is 719. The van der Waals surface area contributed by atoms with Gasteiger partial charge in [-0.15, -0.1) is 0 Å². The molecule has 0 bridgehead atoms. The Labute approximate surface area is 140 Å². The van der Waals surface area contributed by atoms with Crippen LogP contribution in [0.2, 0.25) is 0 Å². The van der Waals surface area contributed by atoms with E-state index >= 15 is 0 Å². The zero-order valence-corrected chi connectivity index (χ0v) is 13.6. The summed E-state index contributed by atoms with van der Waals surface area (Å²) in [5.74, 6) is 0.00962. The molecule has 2 aromatic rings. The highest BCUT2D eigenvalue weighted by molar-refractivity contribution is 5.96. The maximum absolute atomic E-state index is 11.7. The molecule has 0 saturated heterocycles. The van der Waals surface area contributed by atoms with Crippen LogP contribution in [0.25, 0.3) is 6.08 Å². The van der Waals surface area contributed by atoms with Crippen LogP contribution in [0, 0.1) is 0 Å². The SMILES string of the molecule is C/C=C\c1ccc(OCC(=O)OCC(=O)c2ccc[nH]2)c(OC)c1. The summed E-state index contributed by atoms with van der Waals surface area (Å²) < 4.78 is 15.5. The van der Waals surface area contributed by atoms with E-state index in [2.05, 4.69) is 4.98 Å². The quantitative estimate of drug-likeness (QED) is 0.595. The summed E-state index contributed by atoms with van der Waals surface area (Å²) in [5, 5.41) is 0. The molecule has 1 aromatic carbocycles. The van der Waals surface area contributed by atoms with Crippen molar-refractivity contribution < 1.29 is 23.8 Å². The predicted molar refractivity (Wildman–Crippen MR) is 89.3 cm³/mol. The van der Waals surface area contributed by atoms with Gasteiger partial charge < -0.3 is 19.2 Å². The van der Waals surface area contributed by atoms with Crippen molar-refractivity contribution in [3.63, 3.8) is 0 Å². The fourth-order valence-corrected chi connectivity index (χ4v) is 2.01. The van der Waals surface area contributed by atoms with E-state index in [-0.39, 0.29) is 19.0 Å². The third-order valence-electron chi connectivity index (χ3n) is 3.15. The first-order valence-electron chi connectivity index (χ1n) is 7.39. The lowest BCUT2D eigenvalue weighted by molar-refractivity contribution is -0.144. The van der Waals surface area contributed by atoms with Crippen LogP contribution in [-0.4, -0.2) is 37.1 Å². The van der Waals surface area contributed by atoms with E-state index in [1.54, 1.807) is 30.5 Å². The number of H-pyrrole nitrogens is 1. The molecule has 6 heteroatoms. The Morgan fingerprint density at radius 2 is 2.00 bits per heavy atom. The van der Waals surface area contributed by atoms with Gasteiger partial charge in [0.15, 0.2) is 24.7 Å². The van der Waals surface area contributed by atoms with E-state index in [4.69, 9.17) is 14.2 Å². The molecule has 1 heterocycles. The van der Waals surface area contributed by atoms with Crippen molar-refractivity contribution in [2.75, 3.05) is 20.3 Å². The summed E-state index contributed by atoms with van der Waals surface area (Å²) in [5.41, 5.74) is 1.35. The number of Topliss-reactive ketones (excluding diaryl/α,β-unsaturated/α-hetero) is 1. The van der Waals surface area contributed by atoms with E-state index in [9.17, 15) is 9.59 Å². The van der Waals surface area contributed by atoms with Crippen LogP contribution in [0.1, 0.15) is 23.0 Å². The van der Waals surface area contributed by atoms with Crippen molar-refractivity contribution in [2.24, 2.45) is 0 Å². The highest BCUT2D eigenvalue weighted by Crippen LogP contribution is 2.28. The molecule has 1 aromatic heterocycles. The summed E-state index contributed by atoms with van der Waals surface area (Å²) in [4.78, 5) is 26.2. The van der Waals surface area contributed by atoms with Gasteiger partial charge >= 0.3 is 5.97 Å². The first-order chi connectivity index (χ1) is 11.6. The monoisotopic (exact) mass is 329 g/mol. The van der Waals surface area contributed by atoms with Gasteiger partial charge in [-0.05, 0) is 36.8 Å². The first-order valence-corrected chi connectivity index (χ1v) is 7.39. The molecule has 0 aliphatic carbocycles. The second-order valence-corrected chi connectivity index (χ2v) is 4.87. The van der Waals surface area contributed by atoms with Crippen LogP contribution in [0.3, 0.4) is 0 Å². The lowest BCUT2D eigenvalue weighted by Crippen LogP contribution is -2.19. The lowest BCUT2D eigenvalue weighted by Gasteiger charge is -2.11. The molecule has 2 rings (SSSR count). The zero-order valence-electron chi connectivity index (χ0n) is 13.6. The van der Waals surface area contributed by atoms with Gasteiger partial charge in [0.2, 0.25) is 5.78 Å². The average Bonchev–Trinajstić information content (AvgIpc) is 3.13. The van der Waals surface area contributed by atoms with Crippen LogP contribution in [0.15, 0.2) is 42.6 Å². The van der Waals surface area contributed by atoms with Crippen LogP contribution in [0.5, 0.6) is 11.5 Å². The largest absolute Gasteiger partial charge is 0.493 e. The predicted octanol–water partition coefficient (Wildman–Crippen LogP) is 2.86. The number of allylic oxidation sites excluding steroid dienone is 1. The number of aromatic nitrogens is 1. The van der Waals surface area contributed by atoms with Crippen molar-refractivity contribution in [1.82, 2.24) is 4.98 Å². The van der Waals surface area contributed by atoms with Gasteiger partial charge in [-0.1, -0.05) is 18.2 Å². The fourth-order valence-electron chi connectivity index (χ4n) is 2.01. The van der Waals surface area contributed by atoms with E-state index in [1.807, 2.05) is 25.1 Å². The first kappa shape index (κ1) is 17.3. The Hall–Kier alpha value is -3.02. The molecule has 0 atom stereocenters. The van der Waals surface area contributed by atoms with E-state index in [1.165, 1.54) is 7.11 Å². The number of hydrogen-bond donors (Lipinski definition) is 1. The molecule has 6 nitrogen and oxygen atoms in total. The van der Waals surface area contributed by atoms with E-state index in [0.29, 0.717) is 17.2 Å². The van der Waals surface area contributed by atoms with Gasteiger partial charge in [0.05, 0.1) is 12.8 Å². The topological polar surface area (TPSA) is 77.6 Å². The summed E-state index contributed by atoms with van der Waals surface area (Å²) in [6.07, 6.45) is 5.46. The third kappa shape index (κ3) is 4.74. The molecular formula is C18H19NO5. The standard InChI is InChI=1S/C18H19NO5/c1-3-5-13-7-8-16(17(10-13)22-2)23-12-18(21)24-11-15(20)14-6-4-9-19-14/h3-10,19H,11-12H2,1-2H3/b5-3-.